The zero-order chi connectivity index (χ0) is 24.4. The standard InChI is InChI=1S/C26H31N5O3S/c1-19-8-4-5-10-23(19)29-35(33,34)22-14-12-20(13-15-22)26(32)30-16-7-9-21(18-30)25-28-27-24-11-3-2-6-17-31(24)25/h4-5,8,10,12-15,21,29H,2-3,6-7,9,11,16-18H2,1H3. The number of nitrogens with zero attached hydrogens (tertiary/aromatic N) is 4. The quantitative estimate of drug-likeness (QED) is 0.576. The molecule has 0 spiro atoms. The van der Waals surface area contributed by atoms with Gasteiger partial charge in [-0.05, 0) is 68.5 Å². The Morgan fingerprint density at radius 3 is 2.57 bits per heavy atom. The van der Waals surface area contributed by atoms with Crippen LogP contribution in [0.4, 0.5) is 5.69 Å². The normalized spacial score (nSPS) is 18.5. The molecule has 9 heteroatoms. The molecule has 0 radical (unpaired) electrons. The SMILES string of the molecule is Cc1ccccc1NS(=O)(=O)c1ccc(C(=O)N2CCCC(c3nnc4n3CCCCC4)C2)cc1. The van der Waals surface area contributed by atoms with Gasteiger partial charge < -0.3 is 9.47 Å². The van der Waals surface area contributed by atoms with Crippen LogP contribution in [0.2, 0.25) is 0 Å². The van der Waals surface area contributed by atoms with Gasteiger partial charge in [-0.1, -0.05) is 24.6 Å². The number of aryl methyl sites for hydroxylation is 2. The second-order valence-corrected chi connectivity index (χ2v) is 11.2. The molecule has 0 aliphatic carbocycles. The summed E-state index contributed by atoms with van der Waals surface area (Å²) in [5.41, 5.74) is 1.87. The summed E-state index contributed by atoms with van der Waals surface area (Å²) in [5.74, 6) is 2.16. The van der Waals surface area contributed by atoms with Crippen LogP contribution in [0.15, 0.2) is 53.4 Å². The van der Waals surface area contributed by atoms with E-state index in [1.807, 2.05) is 24.0 Å². The molecule has 8 nitrogen and oxygen atoms in total. The van der Waals surface area contributed by atoms with Crippen molar-refractivity contribution in [3.63, 3.8) is 0 Å². The first-order valence-electron chi connectivity index (χ1n) is 12.3. The second-order valence-electron chi connectivity index (χ2n) is 9.47. The first-order chi connectivity index (χ1) is 16.9. The van der Waals surface area contributed by atoms with Crippen LogP contribution in [-0.2, 0) is 23.0 Å². The number of para-hydroxylation sites is 1. The maximum Gasteiger partial charge on any atom is 0.261 e. The Hall–Kier alpha value is -3.20. The summed E-state index contributed by atoms with van der Waals surface area (Å²) < 4.78 is 30.6. The van der Waals surface area contributed by atoms with Crippen molar-refractivity contribution in [2.75, 3.05) is 17.8 Å². The number of benzene rings is 2. The molecule has 35 heavy (non-hydrogen) atoms. The fourth-order valence-corrected chi connectivity index (χ4v) is 6.16. The van der Waals surface area contributed by atoms with Crippen molar-refractivity contribution in [2.24, 2.45) is 0 Å². The minimum Gasteiger partial charge on any atom is -0.338 e. The van der Waals surface area contributed by atoms with Gasteiger partial charge in [0.15, 0.2) is 0 Å². The monoisotopic (exact) mass is 493 g/mol. The van der Waals surface area contributed by atoms with E-state index in [4.69, 9.17) is 0 Å². The number of piperidine rings is 1. The van der Waals surface area contributed by atoms with E-state index in [0.29, 0.717) is 24.3 Å². The number of hydrogen-bond acceptors (Lipinski definition) is 5. The lowest BCUT2D eigenvalue weighted by Crippen LogP contribution is -2.39. The third-order valence-corrected chi connectivity index (χ3v) is 8.39. The minimum absolute atomic E-state index is 0.0823. The van der Waals surface area contributed by atoms with E-state index in [9.17, 15) is 13.2 Å². The highest BCUT2D eigenvalue weighted by Gasteiger charge is 2.30. The van der Waals surface area contributed by atoms with Crippen molar-refractivity contribution >= 4 is 21.6 Å². The van der Waals surface area contributed by atoms with E-state index in [-0.39, 0.29) is 16.7 Å². The zero-order valence-electron chi connectivity index (χ0n) is 20.0. The molecule has 3 heterocycles. The number of anilines is 1. The van der Waals surface area contributed by atoms with E-state index in [1.54, 1.807) is 24.3 Å². The van der Waals surface area contributed by atoms with Crippen LogP contribution in [0.1, 0.15) is 65.6 Å². The average Bonchev–Trinajstić information content (AvgIpc) is 3.13. The van der Waals surface area contributed by atoms with Gasteiger partial charge in [0.1, 0.15) is 11.6 Å². The first kappa shape index (κ1) is 23.5. The van der Waals surface area contributed by atoms with Crippen molar-refractivity contribution in [1.82, 2.24) is 19.7 Å². The molecule has 2 aliphatic rings. The highest BCUT2D eigenvalue weighted by Crippen LogP contribution is 2.29. The van der Waals surface area contributed by atoms with Gasteiger partial charge in [0.25, 0.3) is 15.9 Å². The molecular formula is C26H31N5O3S. The fourth-order valence-electron chi connectivity index (χ4n) is 5.03. The number of amides is 1. The molecule has 1 aromatic heterocycles. The maximum atomic E-state index is 13.3. The Morgan fingerprint density at radius 1 is 0.971 bits per heavy atom. The average molecular weight is 494 g/mol. The summed E-state index contributed by atoms with van der Waals surface area (Å²) in [6.07, 6.45) is 6.37. The summed E-state index contributed by atoms with van der Waals surface area (Å²) in [7, 11) is -3.75. The lowest BCUT2D eigenvalue weighted by Gasteiger charge is -2.32. The van der Waals surface area contributed by atoms with Crippen LogP contribution in [0.25, 0.3) is 0 Å². The van der Waals surface area contributed by atoms with Gasteiger partial charge in [0, 0.05) is 37.5 Å². The smallest absolute Gasteiger partial charge is 0.261 e. The van der Waals surface area contributed by atoms with Gasteiger partial charge in [-0.15, -0.1) is 10.2 Å². The Labute approximate surface area is 206 Å². The molecule has 1 unspecified atom stereocenters. The second kappa shape index (κ2) is 9.81. The van der Waals surface area contributed by atoms with Crippen LogP contribution in [0, 0.1) is 6.92 Å². The lowest BCUT2D eigenvalue weighted by atomic mass is 9.96. The van der Waals surface area contributed by atoms with Crippen molar-refractivity contribution in [3.8, 4) is 0 Å². The highest BCUT2D eigenvalue weighted by molar-refractivity contribution is 7.92. The van der Waals surface area contributed by atoms with Crippen molar-refractivity contribution in [1.29, 1.82) is 0 Å². The fraction of sp³-hybridized carbons (Fsp3) is 0.423. The van der Waals surface area contributed by atoms with Crippen molar-refractivity contribution in [2.45, 2.75) is 62.8 Å². The third kappa shape index (κ3) is 4.96. The number of likely N-dealkylation sites (tertiary alicyclic amines) is 1. The molecule has 1 atom stereocenters. The Bertz CT molecular complexity index is 1320. The molecule has 2 aliphatic heterocycles. The Balaban J connectivity index is 1.29. The van der Waals surface area contributed by atoms with Crippen molar-refractivity contribution in [3.05, 3.63) is 71.3 Å². The maximum absolute atomic E-state index is 13.3. The summed E-state index contributed by atoms with van der Waals surface area (Å²) in [6.45, 7) is 4.09. The van der Waals surface area contributed by atoms with Gasteiger partial charge in [0.2, 0.25) is 0 Å². The number of carbonyl (C=O) groups excluding carboxylic acids is 1. The lowest BCUT2D eigenvalue weighted by molar-refractivity contribution is 0.0703. The van der Waals surface area contributed by atoms with Gasteiger partial charge in [-0.2, -0.15) is 0 Å². The largest absolute Gasteiger partial charge is 0.338 e. The van der Waals surface area contributed by atoms with Gasteiger partial charge in [-0.25, -0.2) is 8.42 Å². The summed E-state index contributed by atoms with van der Waals surface area (Å²) in [4.78, 5) is 15.3. The molecule has 1 amide bonds. The van der Waals surface area contributed by atoms with E-state index in [0.717, 1.165) is 55.9 Å². The van der Waals surface area contributed by atoms with E-state index in [2.05, 4.69) is 19.5 Å². The number of nitrogens with one attached hydrogen (secondary N) is 1. The molecule has 184 valence electrons. The van der Waals surface area contributed by atoms with Crippen LogP contribution in [0.5, 0.6) is 0 Å². The molecule has 5 rings (SSSR count). The highest BCUT2D eigenvalue weighted by atomic mass is 32.2. The van der Waals surface area contributed by atoms with Crippen LogP contribution in [-0.4, -0.2) is 47.1 Å². The molecule has 1 N–H and O–H groups in total. The predicted octanol–water partition coefficient (Wildman–Crippen LogP) is 4.13. The number of sulfonamides is 1. The number of carbonyl (C=O) groups is 1. The van der Waals surface area contributed by atoms with Crippen LogP contribution >= 0.6 is 0 Å². The number of aromatic nitrogens is 3. The van der Waals surface area contributed by atoms with Crippen molar-refractivity contribution < 1.29 is 13.2 Å². The molecule has 0 saturated carbocycles. The van der Waals surface area contributed by atoms with Gasteiger partial charge >= 0.3 is 0 Å². The van der Waals surface area contributed by atoms with Gasteiger partial charge in [0.05, 0.1) is 10.6 Å². The molecular weight excluding hydrogens is 462 g/mol. The van der Waals surface area contributed by atoms with Crippen LogP contribution in [0.3, 0.4) is 0 Å². The molecule has 1 saturated heterocycles. The topological polar surface area (TPSA) is 97.2 Å². The minimum atomic E-state index is -3.75. The third-order valence-electron chi connectivity index (χ3n) is 7.01. The molecule has 2 aromatic carbocycles. The van der Waals surface area contributed by atoms with E-state index < -0.39 is 10.0 Å². The Kier molecular flexibility index (Phi) is 6.60. The summed E-state index contributed by atoms with van der Waals surface area (Å²) in [6, 6.07) is 13.4. The van der Waals surface area contributed by atoms with Crippen LogP contribution < -0.4 is 4.72 Å². The molecule has 0 bridgehead atoms. The molecule has 3 aromatic rings. The first-order valence-corrected chi connectivity index (χ1v) is 13.8. The molecule has 1 fully saturated rings. The predicted molar refractivity (Wildman–Crippen MR) is 134 cm³/mol. The van der Waals surface area contributed by atoms with E-state index >= 15 is 0 Å². The van der Waals surface area contributed by atoms with E-state index in [1.165, 1.54) is 18.6 Å². The Morgan fingerprint density at radius 2 is 1.77 bits per heavy atom. The number of fused-ring (bicyclic) bond motifs is 1. The number of hydrogen-bond donors (Lipinski definition) is 1. The summed E-state index contributed by atoms with van der Waals surface area (Å²) in [5, 5.41) is 8.94. The van der Waals surface area contributed by atoms with Gasteiger partial charge in [-0.3, -0.25) is 9.52 Å². The summed E-state index contributed by atoms with van der Waals surface area (Å²) >= 11 is 0. The number of rotatable bonds is 5. The zero-order valence-corrected chi connectivity index (χ0v) is 20.8.